The molecule has 0 atom stereocenters. The molecule has 0 aromatic heterocycles. The van der Waals surface area contributed by atoms with Crippen molar-refractivity contribution in [2.75, 3.05) is 0 Å². The van der Waals surface area contributed by atoms with E-state index in [1.807, 2.05) is 54.6 Å². The van der Waals surface area contributed by atoms with E-state index in [0.717, 1.165) is 27.8 Å². The molecule has 0 saturated heterocycles. The number of hydrogen-bond donors (Lipinski definition) is 0. The summed E-state index contributed by atoms with van der Waals surface area (Å²) in [5.74, 6) is 2.90. The highest BCUT2D eigenvalue weighted by molar-refractivity contribution is 6.04. The lowest BCUT2D eigenvalue weighted by molar-refractivity contribution is 1.54. The Morgan fingerprint density at radius 1 is 0.545 bits per heavy atom. The lowest BCUT2D eigenvalue weighted by Gasteiger charge is -2.13. The van der Waals surface area contributed by atoms with Crippen molar-refractivity contribution in [3.8, 4) is 12.3 Å². The van der Waals surface area contributed by atoms with E-state index in [4.69, 9.17) is 6.42 Å². The Morgan fingerprint density at radius 3 is 1.27 bits per heavy atom. The summed E-state index contributed by atoms with van der Waals surface area (Å²) in [6, 6.07) is 30.7. The van der Waals surface area contributed by atoms with Crippen molar-refractivity contribution in [3.05, 3.63) is 108 Å². The molecule has 104 valence electrons. The predicted octanol–water partition coefficient (Wildman–Crippen LogP) is 5.28. The molecule has 0 aliphatic carbocycles. The summed E-state index contributed by atoms with van der Waals surface area (Å²) in [6.07, 6.45) is 5.87. The van der Waals surface area contributed by atoms with Crippen LogP contribution in [0.1, 0.15) is 16.7 Å². The standard InChI is InChI=1S/C22H16/c1-2-21(18-12-6-3-7-13-18)22(19-14-8-4-9-15-19)20-16-10-5-11-17-20/h1,3-17H. The van der Waals surface area contributed by atoms with E-state index in [0.29, 0.717) is 0 Å². The summed E-state index contributed by atoms with van der Waals surface area (Å²) >= 11 is 0. The van der Waals surface area contributed by atoms with Gasteiger partial charge in [0.05, 0.1) is 0 Å². The topological polar surface area (TPSA) is 0 Å². The molecule has 0 amide bonds. The zero-order valence-corrected chi connectivity index (χ0v) is 12.2. The number of hydrogen-bond acceptors (Lipinski definition) is 0. The largest absolute Gasteiger partial charge is 0.115 e. The fourth-order valence-corrected chi connectivity index (χ4v) is 2.57. The van der Waals surface area contributed by atoms with E-state index in [1.165, 1.54) is 0 Å². The molecule has 0 aliphatic heterocycles. The second-order valence-corrected chi connectivity index (χ2v) is 4.99. The van der Waals surface area contributed by atoms with E-state index in [9.17, 15) is 0 Å². The summed E-state index contributed by atoms with van der Waals surface area (Å²) in [5, 5.41) is 0. The molecule has 0 heteroatoms. The molecule has 0 unspecified atom stereocenters. The predicted molar refractivity (Wildman–Crippen MR) is 94.1 cm³/mol. The van der Waals surface area contributed by atoms with Gasteiger partial charge in [-0.15, -0.1) is 6.42 Å². The first kappa shape index (κ1) is 13.9. The molecule has 0 fully saturated rings. The zero-order chi connectivity index (χ0) is 15.2. The van der Waals surface area contributed by atoms with Crippen molar-refractivity contribution in [2.24, 2.45) is 0 Å². The molecular weight excluding hydrogens is 264 g/mol. The van der Waals surface area contributed by atoms with E-state index in [1.54, 1.807) is 0 Å². The van der Waals surface area contributed by atoms with Gasteiger partial charge in [0.2, 0.25) is 0 Å². The zero-order valence-electron chi connectivity index (χ0n) is 12.2. The van der Waals surface area contributed by atoms with Crippen molar-refractivity contribution in [2.45, 2.75) is 0 Å². The molecule has 0 bridgehead atoms. The van der Waals surface area contributed by atoms with Crippen LogP contribution in [-0.2, 0) is 0 Å². The molecule has 0 saturated carbocycles. The fourth-order valence-electron chi connectivity index (χ4n) is 2.57. The maximum Gasteiger partial charge on any atom is 0.0399 e. The summed E-state index contributed by atoms with van der Waals surface area (Å²) < 4.78 is 0. The molecular formula is C22H16. The third kappa shape index (κ3) is 2.85. The van der Waals surface area contributed by atoms with Gasteiger partial charge in [-0.05, 0) is 16.7 Å². The van der Waals surface area contributed by atoms with Crippen LogP contribution in [0, 0.1) is 12.3 Å². The molecule has 0 nitrogen and oxygen atoms in total. The normalized spacial score (nSPS) is 9.77. The third-order valence-corrected chi connectivity index (χ3v) is 3.58. The minimum Gasteiger partial charge on any atom is -0.115 e. The Morgan fingerprint density at radius 2 is 0.909 bits per heavy atom. The van der Waals surface area contributed by atoms with Gasteiger partial charge in [0.15, 0.2) is 0 Å². The summed E-state index contributed by atoms with van der Waals surface area (Å²) in [7, 11) is 0. The van der Waals surface area contributed by atoms with Crippen LogP contribution in [0.3, 0.4) is 0 Å². The number of benzene rings is 3. The molecule has 0 radical (unpaired) electrons. The van der Waals surface area contributed by atoms with Crippen LogP contribution in [0.5, 0.6) is 0 Å². The van der Waals surface area contributed by atoms with Crippen LogP contribution < -0.4 is 0 Å². The summed E-state index contributed by atoms with van der Waals surface area (Å²) in [6.45, 7) is 0. The van der Waals surface area contributed by atoms with E-state index < -0.39 is 0 Å². The van der Waals surface area contributed by atoms with Gasteiger partial charge >= 0.3 is 0 Å². The fraction of sp³-hybridized carbons (Fsp3) is 0. The van der Waals surface area contributed by atoms with Crippen molar-refractivity contribution in [3.63, 3.8) is 0 Å². The highest BCUT2D eigenvalue weighted by Gasteiger charge is 2.11. The van der Waals surface area contributed by atoms with Crippen LogP contribution in [0.15, 0.2) is 91.0 Å². The lowest BCUT2D eigenvalue weighted by atomic mass is 9.90. The van der Waals surface area contributed by atoms with Crippen molar-refractivity contribution >= 4 is 11.1 Å². The molecule has 0 aliphatic rings. The Labute approximate surface area is 131 Å². The van der Waals surface area contributed by atoms with Gasteiger partial charge in [0, 0.05) is 11.1 Å². The number of allylic oxidation sites excluding steroid dienone is 1. The monoisotopic (exact) mass is 280 g/mol. The van der Waals surface area contributed by atoms with Crippen LogP contribution >= 0.6 is 0 Å². The van der Waals surface area contributed by atoms with Crippen molar-refractivity contribution in [1.29, 1.82) is 0 Å². The first-order valence-corrected chi connectivity index (χ1v) is 7.27. The highest BCUT2D eigenvalue weighted by atomic mass is 14.1. The quantitative estimate of drug-likeness (QED) is 0.452. The Kier molecular flexibility index (Phi) is 4.18. The van der Waals surface area contributed by atoms with Crippen LogP contribution in [0.4, 0.5) is 0 Å². The molecule has 0 spiro atoms. The van der Waals surface area contributed by atoms with E-state index in [2.05, 4.69) is 42.3 Å². The van der Waals surface area contributed by atoms with Gasteiger partial charge in [-0.25, -0.2) is 0 Å². The molecule has 22 heavy (non-hydrogen) atoms. The van der Waals surface area contributed by atoms with Crippen LogP contribution in [0.25, 0.3) is 11.1 Å². The molecule has 0 heterocycles. The highest BCUT2D eigenvalue weighted by Crippen LogP contribution is 2.31. The van der Waals surface area contributed by atoms with Gasteiger partial charge in [-0.1, -0.05) is 96.9 Å². The molecule has 3 aromatic rings. The van der Waals surface area contributed by atoms with Gasteiger partial charge < -0.3 is 0 Å². The molecule has 3 aromatic carbocycles. The number of terminal acetylenes is 1. The minimum atomic E-state index is 0.915. The Balaban J connectivity index is 2.30. The van der Waals surface area contributed by atoms with Crippen molar-refractivity contribution < 1.29 is 0 Å². The number of rotatable bonds is 3. The maximum absolute atomic E-state index is 5.87. The average molecular weight is 280 g/mol. The molecule has 0 N–H and O–H groups in total. The van der Waals surface area contributed by atoms with Crippen molar-refractivity contribution in [1.82, 2.24) is 0 Å². The van der Waals surface area contributed by atoms with E-state index >= 15 is 0 Å². The molecule has 3 rings (SSSR count). The smallest absolute Gasteiger partial charge is 0.0399 e. The maximum atomic E-state index is 5.87. The Hall–Kier alpha value is -3.04. The van der Waals surface area contributed by atoms with Gasteiger partial charge in [0.1, 0.15) is 0 Å². The first-order valence-electron chi connectivity index (χ1n) is 7.27. The average Bonchev–Trinajstić information content (AvgIpc) is 2.62. The van der Waals surface area contributed by atoms with Crippen LogP contribution in [-0.4, -0.2) is 0 Å². The lowest BCUT2D eigenvalue weighted by Crippen LogP contribution is -1.93. The van der Waals surface area contributed by atoms with Crippen LogP contribution in [0.2, 0.25) is 0 Å². The van der Waals surface area contributed by atoms with Gasteiger partial charge in [0.25, 0.3) is 0 Å². The summed E-state index contributed by atoms with van der Waals surface area (Å²) in [5.41, 5.74) is 5.33. The first-order chi connectivity index (χ1) is 10.9. The van der Waals surface area contributed by atoms with Gasteiger partial charge in [-0.2, -0.15) is 0 Å². The minimum absolute atomic E-state index is 0.915. The Bertz CT molecular complexity index is 763. The second kappa shape index (κ2) is 6.61. The van der Waals surface area contributed by atoms with Gasteiger partial charge in [-0.3, -0.25) is 0 Å². The third-order valence-electron chi connectivity index (χ3n) is 3.58. The SMILES string of the molecule is C#CC(=C(c1ccccc1)c1ccccc1)c1ccccc1. The summed E-state index contributed by atoms with van der Waals surface area (Å²) in [4.78, 5) is 0. The second-order valence-electron chi connectivity index (χ2n) is 4.99. The van der Waals surface area contributed by atoms with E-state index in [-0.39, 0.29) is 0 Å².